The fraction of sp³-hybridized carbons (Fsp3) is 0.571. The third-order valence-electron chi connectivity index (χ3n) is 8.14. The van der Waals surface area contributed by atoms with Gasteiger partial charge in [0, 0.05) is 17.9 Å². The van der Waals surface area contributed by atoms with Gasteiger partial charge in [-0.25, -0.2) is 23.5 Å². The highest BCUT2D eigenvalue weighted by molar-refractivity contribution is 6.74. The van der Waals surface area contributed by atoms with E-state index in [-0.39, 0.29) is 46.1 Å². The van der Waals surface area contributed by atoms with Crippen LogP contribution in [0.15, 0.2) is 63.9 Å². The second kappa shape index (κ2) is 9.06. The van der Waals surface area contributed by atoms with Crippen LogP contribution in [0.5, 0.6) is 0 Å². The first kappa shape index (κ1) is 26.5. The standard InChI is InChI=1S/C28H41N3O4Si/c1-19(17-20(2)35-36(8,9)27(3,4)5)34-22-15-16-23-28(6,7)24(18-22)31-26(33)29(25(32)30(23)31)21-13-11-10-12-14-21/h10-16,18-20,23-24H,17H2,1-9H3/t19-,20-,23+,24-/m1/s1. The van der Waals surface area contributed by atoms with Crippen LogP contribution in [-0.4, -0.2) is 34.5 Å². The minimum atomic E-state index is -1.86. The third-order valence-corrected chi connectivity index (χ3v) is 12.7. The van der Waals surface area contributed by atoms with Crippen LogP contribution in [0.25, 0.3) is 5.69 Å². The second-order valence-corrected chi connectivity index (χ2v) is 17.2. The van der Waals surface area contributed by atoms with Crippen LogP contribution in [0.4, 0.5) is 0 Å². The summed E-state index contributed by atoms with van der Waals surface area (Å²) in [5.74, 6) is 0.723. The highest BCUT2D eigenvalue weighted by Crippen LogP contribution is 2.49. The Morgan fingerprint density at radius 2 is 1.56 bits per heavy atom. The molecule has 0 fully saturated rings. The molecule has 0 spiro atoms. The fourth-order valence-corrected chi connectivity index (χ4v) is 6.60. The van der Waals surface area contributed by atoms with Gasteiger partial charge >= 0.3 is 11.4 Å². The zero-order valence-electron chi connectivity index (χ0n) is 23.1. The Morgan fingerprint density at radius 1 is 0.972 bits per heavy atom. The van der Waals surface area contributed by atoms with Crippen molar-refractivity contribution < 1.29 is 9.16 Å². The molecule has 4 atom stereocenters. The molecule has 0 saturated heterocycles. The van der Waals surface area contributed by atoms with Crippen molar-refractivity contribution in [3.05, 3.63) is 75.3 Å². The van der Waals surface area contributed by atoms with Crippen molar-refractivity contribution >= 4 is 8.32 Å². The number of para-hydroxylation sites is 1. The highest BCUT2D eigenvalue weighted by Gasteiger charge is 2.49. The van der Waals surface area contributed by atoms with E-state index in [4.69, 9.17) is 9.16 Å². The summed E-state index contributed by atoms with van der Waals surface area (Å²) in [6, 6.07) is 8.51. The van der Waals surface area contributed by atoms with Gasteiger partial charge in [0.05, 0.1) is 23.9 Å². The summed E-state index contributed by atoms with van der Waals surface area (Å²) >= 11 is 0. The minimum Gasteiger partial charge on any atom is -0.491 e. The number of aromatic nitrogens is 3. The quantitative estimate of drug-likeness (QED) is 0.455. The molecule has 1 aromatic heterocycles. The molecule has 1 aromatic carbocycles. The van der Waals surface area contributed by atoms with Gasteiger partial charge in [-0.1, -0.05) is 58.9 Å². The van der Waals surface area contributed by atoms with Gasteiger partial charge in [-0.3, -0.25) is 0 Å². The van der Waals surface area contributed by atoms with E-state index >= 15 is 0 Å². The summed E-state index contributed by atoms with van der Waals surface area (Å²) in [4.78, 5) is 26.9. The zero-order valence-corrected chi connectivity index (χ0v) is 24.1. The molecule has 4 rings (SSSR count). The van der Waals surface area contributed by atoms with Crippen LogP contribution in [0.3, 0.4) is 0 Å². The molecular formula is C28H41N3O4Si. The second-order valence-electron chi connectivity index (χ2n) is 12.4. The molecule has 0 amide bonds. The average molecular weight is 512 g/mol. The molecule has 2 aromatic rings. The van der Waals surface area contributed by atoms with Crippen LogP contribution >= 0.6 is 0 Å². The monoisotopic (exact) mass is 511 g/mol. The Bertz CT molecular complexity index is 1290. The normalized spacial score (nSPS) is 22.5. The van der Waals surface area contributed by atoms with E-state index in [1.54, 1.807) is 21.5 Å². The van der Waals surface area contributed by atoms with Crippen LogP contribution in [-0.2, 0) is 9.16 Å². The van der Waals surface area contributed by atoms with Crippen molar-refractivity contribution in [1.29, 1.82) is 0 Å². The van der Waals surface area contributed by atoms with Gasteiger partial charge in [-0.05, 0) is 56.3 Å². The van der Waals surface area contributed by atoms with Crippen LogP contribution in [0, 0.1) is 5.41 Å². The molecule has 2 aliphatic rings. The molecule has 0 saturated carbocycles. The highest BCUT2D eigenvalue weighted by atomic mass is 28.4. The maximum atomic E-state index is 13.5. The molecule has 2 heterocycles. The Kier molecular flexibility index (Phi) is 6.67. The van der Waals surface area contributed by atoms with Gasteiger partial charge < -0.3 is 9.16 Å². The number of hydrogen-bond donors (Lipinski definition) is 0. The third kappa shape index (κ3) is 4.49. The minimum absolute atomic E-state index is 0.0618. The first-order valence-electron chi connectivity index (χ1n) is 12.9. The SMILES string of the molecule is C[C@H](C[C@@H](C)O[Si](C)(C)C(C)(C)C)OC1=C[C@H]2n3c(=O)n(-c4ccccc4)c(=O)n3[C@@H](C=C1)C2(C)C. The van der Waals surface area contributed by atoms with Crippen molar-refractivity contribution in [2.45, 2.75) is 97.3 Å². The average Bonchev–Trinajstić information content (AvgIpc) is 3.05. The van der Waals surface area contributed by atoms with E-state index in [0.717, 1.165) is 12.2 Å². The van der Waals surface area contributed by atoms with Crippen LogP contribution in [0.1, 0.15) is 67.0 Å². The van der Waals surface area contributed by atoms with Gasteiger partial charge in [-0.15, -0.1) is 0 Å². The van der Waals surface area contributed by atoms with Gasteiger partial charge in [0.2, 0.25) is 0 Å². The summed E-state index contributed by atoms with van der Waals surface area (Å²) in [6.07, 6.45) is 6.72. The first-order valence-corrected chi connectivity index (χ1v) is 15.8. The van der Waals surface area contributed by atoms with Gasteiger partial charge in [0.25, 0.3) is 0 Å². The lowest BCUT2D eigenvalue weighted by Crippen LogP contribution is -2.43. The van der Waals surface area contributed by atoms with Crippen molar-refractivity contribution in [2.75, 3.05) is 0 Å². The number of hydrogen-bond acceptors (Lipinski definition) is 4. The molecule has 196 valence electrons. The number of benzene rings is 1. The van der Waals surface area contributed by atoms with Gasteiger partial charge in [0.1, 0.15) is 5.76 Å². The smallest absolute Gasteiger partial charge is 0.352 e. The van der Waals surface area contributed by atoms with E-state index in [0.29, 0.717) is 5.69 Å². The van der Waals surface area contributed by atoms with Gasteiger partial charge in [-0.2, -0.15) is 0 Å². The Morgan fingerprint density at radius 3 is 2.14 bits per heavy atom. The predicted molar refractivity (Wildman–Crippen MR) is 146 cm³/mol. The number of nitrogens with zero attached hydrogens (tertiary/aromatic N) is 3. The maximum absolute atomic E-state index is 13.5. The van der Waals surface area contributed by atoms with Crippen LogP contribution in [0.2, 0.25) is 18.1 Å². The maximum Gasteiger partial charge on any atom is 0.352 e. The summed E-state index contributed by atoms with van der Waals surface area (Å²) in [5.41, 5.74) is -0.441. The van der Waals surface area contributed by atoms with E-state index in [9.17, 15) is 9.59 Å². The van der Waals surface area contributed by atoms with Crippen molar-refractivity contribution in [2.24, 2.45) is 5.41 Å². The Hall–Kier alpha value is -2.58. The summed E-state index contributed by atoms with van der Waals surface area (Å²) in [7, 11) is -1.86. The topological polar surface area (TPSA) is 67.4 Å². The van der Waals surface area contributed by atoms with Gasteiger partial charge in [0.15, 0.2) is 8.32 Å². The Balaban J connectivity index is 1.60. The molecule has 36 heavy (non-hydrogen) atoms. The van der Waals surface area contributed by atoms with Crippen molar-refractivity contribution in [1.82, 2.24) is 13.9 Å². The fourth-order valence-electron chi connectivity index (χ4n) is 5.15. The molecule has 0 N–H and O–H groups in total. The number of fused-ring (bicyclic) bond motifs is 5. The van der Waals surface area contributed by atoms with Crippen LogP contribution < -0.4 is 11.4 Å². The molecule has 0 radical (unpaired) electrons. The summed E-state index contributed by atoms with van der Waals surface area (Å²) < 4.78 is 17.3. The van der Waals surface area contributed by atoms with Crippen molar-refractivity contribution in [3.8, 4) is 5.69 Å². The number of allylic oxidation sites excluding steroid dienone is 3. The van der Waals surface area contributed by atoms with Crippen molar-refractivity contribution in [3.63, 3.8) is 0 Å². The molecule has 0 unspecified atom stereocenters. The molecule has 2 bridgehead atoms. The number of rotatable bonds is 7. The van der Waals surface area contributed by atoms with E-state index in [1.165, 1.54) is 4.57 Å². The molecular weight excluding hydrogens is 470 g/mol. The predicted octanol–water partition coefficient (Wildman–Crippen LogP) is 5.58. The number of ether oxygens (including phenoxy) is 1. The Labute approximate surface area is 215 Å². The lowest BCUT2D eigenvalue weighted by atomic mass is 9.79. The zero-order chi connectivity index (χ0) is 26.6. The summed E-state index contributed by atoms with van der Waals surface area (Å²) in [5, 5.41) is 0.155. The molecule has 1 aliphatic carbocycles. The lowest BCUT2D eigenvalue weighted by Gasteiger charge is -2.39. The molecule has 7 nitrogen and oxygen atoms in total. The van der Waals surface area contributed by atoms with E-state index in [1.807, 2.05) is 36.4 Å². The first-order chi connectivity index (χ1) is 16.6. The van der Waals surface area contributed by atoms with E-state index in [2.05, 4.69) is 61.6 Å². The molecule has 1 aliphatic heterocycles. The largest absolute Gasteiger partial charge is 0.491 e. The summed E-state index contributed by atoms with van der Waals surface area (Å²) in [6.45, 7) is 19.6. The van der Waals surface area contributed by atoms with E-state index < -0.39 is 8.32 Å². The lowest BCUT2D eigenvalue weighted by molar-refractivity contribution is 0.0801. The molecule has 8 heteroatoms.